The van der Waals surface area contributed by atoms with Gasteiger partial charge in [-0.25, -0.2) is 0 Å². The van der Waals surface area contributed by atoms with Crippen LogP contribution in [0.25, 0.3) is 0 Å². The molecule has 0 aliphatic carbocycles. The van der Waals surface area contributed by atoms with Crippen LogP contribution < -0.4 is 61.2 Å². The fraction of sp³-hybridized carbons (Fsp3) is 1.00. The van der Waals surface area contributed by atoms with E-state index >= 15 is 0 Å². The Hall–Kier alpha value is 1.75. The van der Waals surface area contributed by atoms with Crippen LogP contribution in [0.1, 0.15) is 81.1 Å². The fourth-order valence-electron chi connectivity index (χ4n) is 3.50. The molecular formula is C18H37KO4P-. The maximum atomic E-state index is 10.8. The smallest absolute Gasteiger partial charge is 0.790 e. The number of hydrogen-bond acceptors (Lipinski definition) is 4. The van der Waals surface area contributed by atoms with E-state index in [2.05, 4.69) is 59.9 Å². The number of hydrogen-bond donors (Lipinski definition) is 0. The van der Waals surface area contributed by atoms with E-state index in [1.165, 1.54) is 0 Å². The molecule has 0 aliphatic heterocycles. The minimum Gasteiger partial charge on any atom is -0.790 e. The van der Waals surface area contributed by atoms with Gasteiger partial charge in [-0.15, -0.1) is 0 Å². The van der Waals surface area contributed by atoms with E-state index in [1.54, 1.807) is 0 Å². The Kier molecular flexibility index (Phi) is 13.5. The van der Waals surface area contributed by atoms with Gasteiger partial charge in [-0.3, -0.25) is 0 Å². The van der Waals surface area contributed by atoms with Gasteiger partial charge in [0.25, 0.3) is 0 Å². The standard InChI is InChI=1S/C18H39O4P.K/c1-14(11-17(3,4)5)9-10-16(13-22-23(19,20)21)15(2)12-18(6,7)8;/h14-16H,9-13H2,1-8H3,(H2,19,20,21);/q;+1/p-2. The molecule has 0 bridgehead atoms. The maximum absolute atomic E-state index is 10.8. The molecule has 140 valence electrons. The first-order chi connectivity index (χ1) is 10.1. The first-order valence-electron chi connectivity index (χ1n) is 8.76. The summed E-state index contributed by atoms with van der Waals surface area (Å²) in [5.41, 5.74) is 0.468. The van der Waals surface area contributed by atoms with E-state index in [0.29, 0.717) is 17.3 Å². The average Bonchev–Trinajstić information content (AvgIpc) is 2.21. The molecule has 0 rings (SSSR count). The van der Waals surface area contributed by atoms with Crippen LogP contribution in [0.4, 0.5) is 0 Å². The summed E-state index contributed by atoms with van der Waals surface area (Å²) in [6, 6.07) is 0. The Morgan fingerprint density at radius 1 is 0.917 bits per heavy atom. The van der Waals surface area contributed by atoms with Crippen molar-refractivity contribution in [2.24, 2.45) is 28.6 Å². The van der Waals surface area contributed by atoms with Crippen LogP contribution in [0.2, 0.25) is 0 Å². The minimum atomic E-state index is -4.89. The molecule has 0 saturated carbocycles. The molecule has 3 unspecified atom stereocenters. The predicted molar refractivity (Wildman–Crippen MR) is 92.8 cm³/mol. The van der Waals surface area contributed by atoms with Gasteiger partial charge >= 0.3 is 51.4 Å². The van der Waals surface area contributed by atoms with E-state index in [9.17, 15) is 14.4 Å². The average molecular weight is 388 g/mol. The second-order valence-electron chi connectivity index (χ2n) is 9.69. The number of rotatable bonds is 9. The molecule has 0 N–H and O–H groups in total. The van der Waals surface area contributed by atoms with Crippen molar-refractivity contribution in [1.82, 2.24) is 0 Å². The maximum Gasteiger partial charge on any atom is 1.00 e. The third kappa shape index (κ3) is 17.2. The van der Waals surface area contributed by atoms with E-state index in [0.717, 1.165) is 25.7 Å². The molecule has 3 atom stereocenters. The summed E-state index contributed by atoms with van der Waals surface area (Å²) in [7, 11) is -4.89. The van der Waals surface area contributed by atoms with Crippen LogP contribution >= 0.6 is 7.82 Å². The van der Waals surface area contributed by atoms with E-state index in [-0.39, 0.29) is 69.3 Å². The van der Waals surface area contributed by atoms with Crippen LogP contribution in [-0.4, -0.2) is 6.61 Å². The van der Waals surface area contributed by atoms with Crippen LogP contribution in [0.3, 0.4) is 0 Å². The first-order valence-corrected chi connectivity index (χ1v) is 10.2. The second-order valence-corrected chi connectivity index (χ2v) is 10.8. The zero-order valence-corrected chi connectivity index (χ0v) is 21.4. The largest absolute Gasteiger partial charge is 1.00 e. The Morgan fingerprint density at radius 2 is 1.38 bits per heavy atom. The van der Waals surface area contributed by atoms with Crippen LogP contribution in [0.5, 0.6) is 0 Å². The van der Waals surface area contributed by atoms with Crippen molar-refractivity contribution in [1.29, 1.82) is 0 Å². The van der Waals surface area contributed by atoms with Crippen LogP contribution in [0, 0.1) is 28.6 Å². The van der Waals surface area contributed by atoms with Gasteiger partial charge in [-0.2, -0.15) is 0 Å². The Bertz CT molecular complexity index is 381. The van der Waals surface area contributed by atoms with Crippen molar-refractivity contribution < 1.29 is 70.3 Å². The predicted octanol–water partition coefficient (Wildman–Crippen LogP) is 1.38. The topological polar surface area (TPSA) is 72.4 Å². The van der Waals surface area contributed by atoms with Crippen molar-refractivity contribution in [2.75, 3.05) is 6.61 Å². The molecule has 0 aromatic heterocycles. The summed E-state index contributed by atoms with van der Waals surface area (Å²) in [6.45, 7) is 17.6. The molecule has 4 nitrogen and oxygen atoms in total. The summed E-state index contributed by atoms with van der Waals surface area (Å²) in [4.78, 5) is 21.6. The molecule has 6 heteroatoms. The Morgan fingerprint density at radius 3 is 1.75 bits per heavy atom. The molecule has 0 aromatic carbocycles. The van der Waals surface area contributed by atoms with Crippen molar-refractivity contribution >= 4 is 7.82 Å². The van der Waals surface area contributed by atoms with Gasteiger partial charge in [0, 0.05) is 0 Å². The summed E-state index contributed by atoms with van der Waals surface area (Å²) >= 11 is 0. The molecule has 0 heterocycles. The van der Waals surface area contributed by atoms with Crippen molar-refractivity contribution in [3.63, 3.8) is 0 Å². The van der Waals surface area contributed by atoms with Gasteiger partial charge in [-0.1, -0.05) is 61.8 Å². The molecule has 0 spiro atoms. The quantitative estimate of drug-likeness (QED) is 0.443. The molecule has 24 heavy (non-hydrogen) atoms. The third-order valence-corrected chi connectivity index (χ3v) is 4.64. The summed E-state index contributed by atoms with van der Waals surface area (Å²) in [6.07, 6.45) is 4.04. The van der Waals surface area contributed by atoms with Gasteiger partial charge in [0.2, 0.25) is 0 Å². The molecule has 0 saturated heterocycles. The van der Waals surface area contributed by atoms with Crippen molar-refractivity contribution in [2.45, 2.75) is 81.1 Å². The van der Waals surface area contributed by atoms with Crippen LogP contribution in [-0.2, 0) is 9.09 Å². The van der Waals surface area contributed by atoms with Crippen molar-refractivity contribution in [3.05, 3.63) is 0 Å². The zero-order valence-electron chi connectivity index (χ0n) is 17.3. The SMILES string of the molecule is CC(CCC(COP(=O)([O-])[O-])C(C)CC(C)(C)C)CC(C)(C)C.[K+]. The van der Waals surface area contributed by atoms with Crippen LogP contribution in [0.15, 0.2) is 0 Å². The molecule has 0 amide bonds. The molecule has 0 radical (unpaired) electrons. The molecular weight excluding hydrogens is 350 g/mol. The number of phosphoric acid groups is 1. The van der Waals surface area contributed by atoms with Gasteiger partial charge in [0.15, 0.2) is 0 Å². The molecule has 0 aliphatic rings. The summed E-state index contributed by atoms with van der Waals surface area (Å²) in [5, 5.41) is 0. The number of phosphoric ester groups is 1. The van der Waals surface area contributed by atoms with E-state index < -0.39 is 7.82 Å². The van der Waals surface area contributed by atoms with E-state index in [1.807, 2.05) is 0 Å². The van der Waals surface area contributed by atoms with Gasteiger partial charge < -0.3 is 18.9 Å². The minimum absolute atomic E-state index is 0. The summed E-state index contributed by atoms with van der Waals surface area (Å²) in [5.74, 6) is 1.00. The Balaban J connectivity index is 0. The first kappa shape index (κ1) is 28.0. The van der Waals surface area contributed by atoms with Gasteiger partial charge in [-0.05, 0) is 47.8 Å². The second kappa shape index (κ2) is 11.6. The Labute approximate surface area is 192 Å². The van der Waals surface area contributed by atoms with E-state index in [4.69, 9.17) is 0 Å². The zero-order chi connectivity index (χ0) is 18.5. The van der Waals surface area contributed by atoms with Gasteiger partial charge in [0.1, 0.15) is 0 Å². The van der Waals surface area contributed by atoms with Gasteiger partial charge in [0.05, 0.1) is 14.4 Å². The molecule has 0 aromatic rings. The monoisotopic (exact) mass is 387 g/mol. The van der Waals surface area contributed by atoms with Crippen molar-refractivity contribution in [3.8, 4) is 0 Å². The summed E-state index contributed by atoms with van der Waals surface area (Å²) < 4.78 is 15.4. The molecule has 0 fully saturated rings. The normalized spacial score (nSPS) is 17.1. The fourth-order valence-corrected chi connectivity index (χ4v) is 3.87. The third-order valence-electron chi connectivity index (χ3n) is 4.18.